The molecule has 90 valence electrons. The molecule has 0 saturated heterocycles. The van der Waals surface area contributed by atoms with E-state index in [0.717, 1.165) is 23.9 Å². The molecular weight excluding hydrogens is 276 g/mol. The van der Waals surface area contributed by atoms with Gasteiger partial charge in [0.25, 0.3) is 0 Å². The molecule has 0 aromatic heterocycles. The van der Waals surface area contributed by atoms with Gasteiger partial charge in [-0.25, -0.2) is 0 Å². The number of rotatable bonds is 3. The van der Waals surface area contributed by atoms with Gasteiger partial charge in [0.05, 0.1) is 12.0 Å². The van der Waals surface area contributed by atoms with Gasteiger partial charge in [-0.15, -0.1) is 0 Å². The van der Waals surface area contributed by atoms with Crippen LogP contribution < -0.4 is 5.32 Å². The molecule has 1 saturated carbocycles. The summed E-state index contributed by atoms with van der Waals surface area (Å²) in [4.78, 5) is 0. The summed E-state index contributed by atoms with van der Waals surface area (Å²) in [6.45, 7) is 2.92. The first kappa shape index (κ1) is 12.6. The highest BCUT2D eigenvalue weighted by Gasteiger charge is 2.26. The van der Waals surface area contributed by atoms with E-state index in [0.29, 0.717) is 6.04 Å². The third kappa shape index (κ3) is 3.08. The average Bonchev–Trinajstić information content (AvgIpc) is 2.75. The highest BCUT2D eigenvalue weighted by molar-refractivity contribution is 9.10. The molecule has 2 unspecified atom stereocenters. The van der Waals surface area contributed by atoms with Crippen LogP contribution >= 0.6 is 15.9 Å². The maximum Gasteiger partial charge on any atom is 0.0672 e. The number of nitrogens with one attached hydrogen (secondary N) is 1. The van der Waals surface area contributed by atoms with Crippen molar-refractivity contribution in [2.75, 3.05) is 0 Å². The summed E-state index contributed by atoms with van der Waals surface area (Å²) < 4.78 is 1.15. The van der Waals surface area contributed by atoms with Crippen molar-refractivity contribution in [3.63, 3.8) is 0 Å². The van der Waals surface area contributed by atoms with Crippen molar-refractivity contribution in [1.82, 2.24) is 5.32 Å². The predicted octanol–water partition coefficient (Wildman–Crippen LogP) is 3.54. The third-order valence-electron chi connectivity index (χ3n) is 3.45. The second-order valence-electron chi connectivity index (χ2n) is 4.75. The Kier molecular flexibility index (Phi) is 4.20. The smallest absolute Gasteiger partial charge is 0.0672 e. The van der Waals surface area contributed by atoms with Crippen LogP contribution in [0.15, 0.2) is 22.7 Å². The van der Waals surface area contributed by atoms with Gasteiger partial charge in [-0.05, 0) is 37.0 Å². The Morgan fingerprint density at radius 3 is 3.00 bits per heavy atom. The minimum Gasteiger partial charge on any atom is -0.309 e. The zero-order valence-electron chi connectivity index (χ0n) is 10.0. The van der Waals surface area contributed by atoms with Crippen LogP contribution in [0.1, 0.15) is 30.4 Å². The second-order valence-corrected chi connectivity index (χ2v) is 5.60. The molecule has 0 radical (unpaired) electrons. The number of halogens is 1. The molecule has 1 aliphatic carbocycles. The third-order valence-corrected chi connectivity index (χ3v) is 4.18. The summed E-state index contributed by atoms with van der Waals surface area (Å²) in [7, 11) is 0. The Bertz CT molecular complexity index is 436. The van der Waals surface area contributed by atoms with E-state index in [1.165, 1.54) is 17.5 Å². The maximum absolute atomic E-state index is 9.03. The van der Waals surface area contributed by atoms with Gasteiger partial charge in [0.1, 0.15) is 0 Å². The fourth-order valence-corrected chi connectivity index (χ4v) is 3.03. The van der Waals surface area contributed by atoms with Gasteiger partial charge < -0.3 is 5.32 Å². The molecule has 2 nitrogen and oxygen atoms in total. The Morgan fingerprint density at radius 2 is 2.29 bits per heavy atom. The molecule has 3 heteroatoms. The highest BCUT2D eigenvalue weighted by atomic mass is 79.9. The number of nitriles is 1. The summed E-state index contributed by atoms with van der Waals surface area (Å²) in [6, 6.07) is 9.17. The van der Waals surface area contributed by atoms with Gasteiger partial charge in [0.15, 0.2) is 0 Å². The minimum absolute atomic E-state index is 0.194. The predicted molar refractivity (Wildman–Crippen MR) is 72.5 cm³/mol. The molecule has 0 bridgehead atoms. The average molecular weight is 293 g/mol. The van der Waals surface area contributed by atoms with Crippen molar-refractivity contribution < 1.29 is 0 Å². The van der Waals surface area contributed by atoms with Crippen LogP contribution in [-0.4, -0.2) is 6.04 Å². The molecular formula is C14H17BrN2. The lowest BCUT2D eigenvalue weighted by Gasteiger charge is -2.16. The Morgan fingerprint density at radius 1 is 1.47 bits per heavy atom. The van der Waals surface area contributed by atoms with E-state index in [4.69, 9.17) is 5.26 Å². The van der Waals surface area contributed by atoms with E-state index in [1.807, 2.05) is 0 Å². The van der Waals surface area contributed by atoms with Crippen molar-refractivity contribution >= 4 is 15.9 Å². The number of nitrogens with zero attached hydrogens (tertiary/aromatic N) is 1. The summed E-state index contributed by atoms with van der Waals surface area (Å²) >= 11 is 3.58. The lowest BCUT2D eigenvalue weighted by molar-refractivity contribution is 0.464. The fraction of sp³-hybridized carbons (Fsp3) is 0.500. The van der Waals surface area contributed by atoms with Crippen molar-refractivity contribution in [3.8, 4) is 6.07 Å². The van der Waals surface area contributed by atoms with E-state index in [-0.39, 0.29) is 5.92 Å². The van der Waals surface area contributed by atoms with Crippen LogP contribution in [0.25, 0.3) is 0 Å². The first-order chi connectivity index (χ1) is 8.20. The van der Waals surface area contributed by atoms with Crippen LogP contribution in [0.5, 0.6) is 0 Å². The molecule has 1 fully saturated rings. The number of benzene rings is 1. The fourth-order valence-electron chi connectivity index (χ4n) is 2.40. The number of hydrogen-bond donors (Lipinski definition) is 1. The zero-order chi connectivity index (χ0) is 12.3. The van der Waals surface area contributed by atoms with E-state index in [9.17, 15) is 0 Å². The van der Waals surface area contributed by atoms with E-state index in [2.05, 4.69) is 52.4 Å². The van der Waals surface area contributed by atoms with E-state index >= 15 is 0 Å². The Labute approximate surface area is 111 Å². The molecule has 2 atom stereocenters. The summed E-state index contributed by atoms with van der Waals surface area (Å²) in [5.41, 5.74) is 2.52. The molecule has 0 aliphatic heterocycles. The highest BCUT2D eigenvalue weighted by Crippen LogP contribution is 2.26. The summed E-state index contributed by atoms with van der Waals surface area (Å²) in [6.07, 6.45) is 3.34. The Balaban J connectivity index is 1.96. The van der Waals surface area contributed by atoms with Crippen LogP contribution in [0.4, 0.5) is 0 Å². The van der Waals surface area contributed by atoms with Gasteiger partial charge in [-0.2, -0.15) is 5.26 Å². The molecule has 1 aromatic rings. The van der Waals surface area contributed by atoms with Crippen molar-refractivity contribution in [2.24, 2.45) is 5.92 Å². The van der Waals surface area contributed by atoms with Crippen LogP contribution in [0, 0.1) is 24.2 Å². The van der Waals surface area contributed by atoms with Crippen molar-refractivity contribution in [2.45, 2.75) is 38.8 Å². The largest absolute Gasteiger partial charge is 0.309 e. The standard InChI is InChI=1S/C14H17BrN2/c1-10-5-6-12(13(15)7-10)9-17-14-4-2-3-11(14)8-16/h5-7,11,14,17H,2-4,9H2,1H3. The van der Waals surface area contributed by atoms with E-state index in [1.54, 1.807) is 0 Å². The zero-order valence-corrected chi connectivity index (χ0v) is 11.6. The first-order valence-electron chi connectivity index (χ1n) is 6.08. The Hall–Kier alpha value is -0.850. The first-order valence-corrected chi connectivity index (χ1v) is 6.88. The van der Waals surface area contributed by atoms with E-state index < -0.39 is 0 Å². The molecule has 0 heterocycles. The molecule has 0 spiro atoms. The molecule has 2 rings (SSSR count). The molecule has 1 aromatic carbocycles. The molecule has 0 amide bonds. The van der Waals surface area contributed by atoms with Gasteiger partial charge in [-0.3, -0.25) is 0 Å². The lowest BCUT2D eigenvalue weighted by atomic mass is 10.1. The quantitative estimate of drug-likeness (QED) is 0.925. The summed E-state index contributed by atoms with van der Waals surface area (Å²) in [5.74, 6) is 0.194. The lowest BCUT2D eigenvalue weighted by Crippen LogP contribution is -2.31. The van der Waals surface area contributed by atoms with Gasteiger partial charge in [0.2, 0.25) is 0 Å². The van der Waals surface area contributed by atoms with Crippen molar-refractivity contribution in [1.29, 1.82) is 5.26 Å². The molecule has 1 N–H and O–H groups in total. The van der Waals surface area contributed by atoms with Gasteiger partial charge in [0, 0.05) is 17.1 Å². The van der Waals surface area contributed by atoms with Crippen LogP contribution in [-0.2, 0) is 6.54 Å². The van der Waals surface area contributed by atoms with Crippen LogP contribution in [0.2, 0.25) is 0 Å². The SMILES string of the molecule is Cc1ccc(CNC2CCCC2C#N)c(Br)c1. The van der Waals surface area contributed by atoms with Crippen LogP contribution in [0.3, 0.4) is 0 Å². The molecule has 1 aliphatic rings. The number of aryl methyl sites for hydroxylation is 1. The maximum atomic E-state index is 9.03. The van der Waals surface area contributed by atoms with Gasteiger partial charge >= 0.3 is 0 Å². The number of hydrogen-bond acceptors (Lipinski definition) is 2. The van der Waals surface area contributed by atoms with Crippen molar-refractivity contribution in [3.05, 3.63) is 33.8 Å². The monoisotopic (exact) mass is 292 g/mol. The second kappa shape index (κ2) is 5.66. The normalized spacial score (nSPS) is 23.6. The molecule has 17 heavy (non-hydrogen) atoms. The summed E-state index contributed by atoms with van der Waals surface area (Å²) in [5, 5.41) is 12.5. The minimum atomic E-state index is 0.194. The topological polar surface area (TPSA) is 35.8 Å². The van der Waals surface area contributed by atoms with Gasteiger partial charge in [-0.1, -0.05) is 34.5 Å².